The van der Waals surface area contributed by atoms with Crippen LogP contribution in [-0.4, -0.2) is 25.9 Å². The van der Waals surface area contributed by atoms with Gasteiger partial charge in [0.1, 0.15) is 0 Å². The van der Waals surface area contributed by atoms with Gasteiger partial charge in [-0.15, -0.1) is 13.2 Å². The zero-order valence-electron chi connectivity index (χ0n) is 15.9. The molecule has 136 valence electrons. The Morgan fingerprint density at radius 1 is 0.913 bits per heavy atom. The third-order valence-corrected chi connectivity index (χ3v) is 4.59. The van der Waals surface area contributed by atoms with Crippen molar-refractivity contribution in [1.82, 2.24) is 0 Å². The lowest BCUT2D eigenvalue weighted by Gasteiger charge is -2.28. The highest BCUT2D eigenvalue weighted by Crippen LogP contribution is 2.24. The Morgan fingerprint density at radius 3 is 2.26 bits per heavy atom. The van der Waals surface area contributed by atoms with E-state index in [2.05, 4.69) is 33.9 Å². The summed E-state index contributed by atoms with van der Waals surface area (Å²) in [6, 6.07) is 0. The molecule has 0 bridgehead atoms. The van der Waals surface area contributed by atoms with Crippen molar-refractivity contribution in [3.63, 3.8) is 0 Å². The van der Waals surface area contributed by atoms with Crippen LogP contribution in [0.4, 0.5) is 0 Å². The molecule has 0 aliphatic rings. The van der Waals surface area contributed by atoms with E-state index >= 15 is 0 Å². The summed E-state index contributed by atoms with van der Waals surface area (Å²) in [7, 11) is 0. The maximum atomic E-state index is 6.11. The van der Waals surface area contributed by atoms with E-state index in [0.717, 1.165) is 18.9 Å². The summed E-state index contributed by atoms with van der Waals surface area (Å²) < 4.78 is 11.9. The minimum atomic E-state index is 0.290. The second-order valence-corrected chi connectivity index (χ2v) is 6.69. The SMILES string of the molecule is C=CCOCC(CCC(C)CC)C(CCCCCC)OCC=C. The van der Waals surface area contributed by atoms with Crippen LogP contribution in [0.15, 0.2) is 25.3 Å². The zero-order valence-corrected chi connectivity index (χ0v) is 15.9. The monoisotopic (exact) mass is 324 g/mol. The van der Waals surface area contributed by atoms with E-state index < -0.39 is 0 Å². The Bertz CT molecular complexity index is 275. The van der Waals surface area contributed by atoms with Crippen molar-refractivity contribution in [3.05, 3.63) is 25.3 Å². The fourth-order valence-corrected chi connectivity index (χ4v) is 2.80. The number of unbranched alkanes of at least 4 members (excludes halogenated alkanes) is 3. The largest absolute Gasteiger partial charge is 0.377 e. The molecule has 0 radical (unpaired) electrons. The third-order valence-electron chi connectivity index (χ3n) is 4.59. The molecule has 23 heavy (non-hydrogen) atoms. The second kappa shape index (κ2) is 16.3. The van der Waals surface area contributed by atoms with Crippen LogP contribution >= 0.6 is 0 Å². The van der Waals surface area contributed by atoms with Crippen molar-refractivity contribution in [2.24, 2.45) is 11.8 Å². The van der Waals surface area contributed by atoms with Crippen molar-refractivity contribution >= 4 is 0 Å². The van der Waals surface area contributed by atoms with Crippen LogP contribution in [0, 0.1) is 11.8 Å². The van der Waals surface area contributed by atoms with Gasteiger partial charge in [-0.3, -0.25) is 0 Å². The molecular formula is C21H40O2. The molecule has 2 nitrogen and oxygen atoms in total. The smallest absolute Gasteiger partial charge is 0.0648 e. The van der Waals surface area contributed by atoms with Gasteiger partial charge >= 0.3 is 0 Å². The summed E-state index contributed by atoms with van der Waals surface area (Å²) in [5, 5.41) is 0. The van der Waals surface area contributed by atoms with Crippen LogP contribution in [0.2, 0.25) is 0 Å². The van der Waals surface area contributed by atoms with E-state index in [1.54, 1.807) is 0 Å². The lowest BCUT2D eigenvalue weighted by molar-refractivity contribution is -0.0179. The summed E-state index contributed by atoms with van der Waals surface area (Å²) >= 11 is 0. The first-order valence-electron chi connectivity index (χ1n) is 9.60. The second-order valence-electron chi connectivity index (χ2n) is 6.69. The molecule has 0 aliphatic carbocycles. The fraction of sp³-hybridized carbons (Fsp3) is 0.810. The number of hydrogen-bond donors (Lipinski definition) is 0. The van der Waals surface area contributed by atoms with Crippen LogP contribution in [0.3, 0.4) is 0 Å². The summed E-state index contributed by atoms with van der Waals surface area (Å²) in [5.41, 5.74) is 0. The lowest BCUT2D eigenvalue weighted by Crippen LogP contribution is -2.29. The highest BCUT2D eigenvalue weighted by molar-refractivity contribution is 4.76. The van der Waals surface area contributed by atoms with Crippen molar-refractivity contribution in [1.29, 1.82) is 0 Å². The van der Waals surface area contributed by atoms with E-state index in [0.29, 0.717) is 25.2 Å². The van der Waals surface area contributed by atoms with Crippen molar-refractivity contribution in [3.8, 4) is 0 Å². The van der Waals surface area contributed by atoms with Gasteiger partial charge in [-0.2, -0.15) is 0 Å². The lowest BCUT2D eigenvalue weighted by atomic mass is 9.89. The van der Waals surface area contributed by atoms with Gasteiger partial charge in [-0.1, -0.05) is 71.4 Å². The molecule has 0 N–H and O–H groups in total. The maximum absolute atomic E-state index is 6.11. The van der Waals surface area contributed by atoms with E-state index in [1.165, 1.54) is 44.9 Å². The van der Waals surface area contributed by atoms with E-state index in [-0.39, 0.29) is 0 Å². The van der Waals surface area contributed by atoms with Crippen molar-refractivity contribution in [2.75, 3.05) is 19.8 Å². The molecule has 3 atom stereocenters. The molecule has 0 fully saturated rings. The first-order valence-corrected chi connectivity index (χ1v) is 9.60. The first kappa shape index (κ1) is 22.4. The van der Waals surface area contributed by atoms with Gasteiger partial charge in [0.25, 0.3) is 0 Å². The summed E-state index contributed by atoms with van der Waals surface area (Å²) in [4.78, 5) is 0. The highest BCUT2D eigenvalue weighted by atomic mass is 16.5. The van der Waals surface area contributed by atoms with Crippen molar-refractivity contribution in [2.45, 2.75) is 78.2 Å². The molecule has 3 unspecified atom stereocenters. The molecule has 2 heteroatoms. The summed E-state index contributed by atoms with van der Waals surface area (Å²) in [6.07, 6.45) is 13.9. The molecule has 0 aromatic carbocycles. The zero-order chi connectivity index (χ0) is 17.3. The Balaban J connectivity index is 4.57. The molecule has 0 amide bonds. The van der Waals surface area contributed by atoms with Gasteiger partial charge < -0.3 is 9.47 Å². The molecule has 0 spiro atoms. The van der Waals surface area contributed by atoms with Crippen molar-refractivity contribution < 1.29 is 9.47 Å². The number of rotatable bonds is 17. The third kappa shape index (κ3) is 12.5. The predicted molar refractivity (Wildman–Crippen MR) is 102 cm³/mol. The normalized spacial score (nSPS) is 15.1. The molecule has 0 aromatic rings. The molecule has 0 aliphatic heterocycles. The van der Waals surface area contributed by atoms with Gasteiger partial charge in [0.2, 0.25) is 0 Å². The molecule has 0 heterocycles. The van der Waals surface area contributed by atoms with Crippen LogP contribution in [0.5, 0.6) is 0 Å². The Labute approximate surface area is 145 Å². The Kier molecular flexibility index (Phi) is 15.8. The fourth-order valence-electron chi connectivity index (χ4n) is 2.80. The standard InChI is InChI=1S/C21H40O2/c1-6-10-11-12-13-21(23-17-8-3)20(18-22-16-7-2)15-14-19(5)9-4/h7-8,19-21H,2-3,6,9-18H2,1,4-5H3. The van der Waals surface area contributed by atoms with E-state index in [1.807, 2.05) is 12.2 Å². The molecule has 0 rings (SSSR count). The molecule has 0 aromatic heterocycles. The average molecular weight is 325 g/mol. The highest BCUT2D eigenvalue weighted by Gasteiger charge is 2.22. The predicted octanol–water partition coefficient (Wildman–Crippen LogP) is 6.17. The van der Waals surface area contributed by atoms with Gasteiger partial charge in [0.05, 0.1) is 25.9 Å². The van der Waals surface area contributed by atoms with Gasteiger partial charge in [-0.05, 0) is 18.8 Å². The van der Waals surface area contributed by atoms with Gasteiger partial charge in [-0.25, -0.2) is 0 Å². The molecular weight excluding hydrogens is 284 g/mol. The van der Waals surface area contributed by atoms with Crippen LogP contribution in [0.25, 0.3) is 0 Å². The van der Waals surface area contributed by atoms with Gasteiger partial charge in [0.15, 0.2) is 0 Å². The number of ether oxygens (including phenoxy) is 2. The first-order chi connectivity index (χ1) is 11.2. The van der Waals surface area contributed by atoms with Crippen LogP contribution in [0.1, 0.15) is 72.1 Å². The van der Waals surface area contributed by atoms with E-state index in [9.17, 15) is 0 Å². The van der Waals surface area contributed by atoms with Gasteiger partial charge in [0, 0.05) is 5.92 Å². The van der Waals surface area contributed by atoms with E-state index in [4.69, 9.17) is 9.47 Å². The molecule has 0 saturated carbocycles. The molecule has 0 saturated heterocycles. The quantitative estimate of drug-likeness (QED) is 0.235. The summed E-state index contributed by atoms with van der Waals surface area (Å²) in [6.45, 7) is 16.4. The minimum Gasteiger partial charge on any atom is -0.377 e. The maximum Gasteiger partial charge on any atom is 0.0648 e. The average Bonchev–Trinajstić information content (AvgIpc) is 2.57. The summed E-state index contributed by atoms with van der Waals surface area (Å²) in [5.74, 6) is 1.25. The Hall–Kier alpha value is -0.600. The van der Waals surface area contributed by atoms with Crippen LogP contribution in [-0.2, 0) is 9.47 Å². The topological polar surface area (TPSA) is 18.5 Å². The number of hydrogen-bond acceptors (Lipinski definition) is 2. The minimum absolute atomic E-state index is 0.290. The van der Waals surface area contributed by atoms with Crippen LogP contribution < -0.4 is 0 Å². The Morgan fingerprint density at radius 2 is 1.65 bits per heavy atom.